The highest BCUT2D eigenvalue weighted by molar-refractivity contribution is 7.99. The van der Waals surface area contributed by atoms with Crippen LogP contribution < -0.4 is 5.73 Å². The Bertz CT molecular complexity index is 764. The topological polar surface area (TPSA) is 69.4 Å². The third kappa shape index (κ3) is 2.29. The van der Waals surface area contributed by atoms with Crippen molar-refractivity contribution in [2.75, 3.05) is 7.11 Å². The Labute approximate surface area is 132 Å². The molecule has 2 aromatic carbocycles. The number of hydrogen-bond donors (Lipinski definition) is 1. The van der Waals surface area contributed by atoms with Gasteiger partial charge in [0.05, 0.1) is 7.11 Å². The summed E-state index contributed by atoms with van der Waals surface area (Å²) in [5.41, 5.74) is 7.48. The lowest BCUT2D eigenvalue weighted by atomic mass is 9.92. The Kier molecular flexibility index (Phi) is 3.73. The van der Waals surface area contributed by atoms with E-state index >= 15 is 0 Å². The molecule has 0 aliphatic carbocycles. The molecular weight excluding hydrogens is 298 g/mol. The van der Waals surface area contributed by atoms with Crippen LogP contribution in [0.15, 0.2) is 63.9 Å². The Hall–Kier alpha value is -2.53. The van der Waals surface area contributed by atoms with Crippen LogP contribution in [0.2, 0.25) is 0 Å². The van der Waals surface area contributed by atoms with Gasteiger partial charge in [-0.2, -0.15) is 0 Å². The van der Waals surface area contributed by atoms with Crippen molar-refractivity contribution in [2.45, 2.75) is 9.79 Å². The quantitative estimate of drug-likeness (QED) is 0.342. The minimum Gasteiger partial charge on any atom is -0.465 e. The minimum atomic E-state index is -0.793. The highest BCUT2D eigenvalue weighted by Crippen LogP contribution is 2.46. The number of carbonyl (C=O) groups excluding carboxylic acids is 2. The number of methoxy groups -OCH3 is 1. The highest BCUT2D eigenvalue weighted by atomic mass is 32.2. The first-order valence-corrected chi connectivity index (χ1v) is 7.44. The Morgan fingerprint density at radius 3 is 1.91 bits per heavy atom. The van der Waals surface area contributed by atoms with Gasteiger partial charge in [-0.1, -0.05) is 48.2 Å². The van der Waals surface area contributed by atoms with Crippen LogP contribution in [0.1, 0.15) is 11.1 Å². The second-order valence-corrected chi connectivity index (χ2v) is 5.78. The molecule has 0 spiro atoms. The van der Waals surface area contributed by atoms with Crippen LogP contribution in [0.25, 0.3) is 5.57 Å². The van der Waals surface area contributed by atoms with Crippen molar-refractivity contribution in [1.82, 2.24) is 0 Å². The average Bonchev–Trinajstić information content (AvgIpc) is 2.54. The molecule has 0 unspecified atom stereocenters. The maximum atomic E-state index is 12.1. The summed E-state index contributed by atoms with van der Waals surface area (Å²) in [6.07, 6.45) is 0. The van der Waals surface area contributed by atoms with Crippen molar-refractivity contribution in [1.29, 1.82) is 0 Å². The van der Waals surface area contributed by atoms with Gasteiger partial charge >= 0.3 is 5.97 Å². The highest BCUT2D eigenvalue weighted by Gasteiger charge is 2.29. The lowest BCUT2D eigenvalue weighted by Gasteiger charge is -2.23. The van der Waals surface area contributed by atoms with Crippen LogP contribution in [-0.2, 0) is 14.3 Å². The number of nitrogens with two attached hydrogens (primary N) is 1. The molecule has 1 aliphatic heterocycles. The van der Waals surface area contributed by atoms with E-state index in [0.29, 0.717) is 5.57 Å². The molecule has 1 heterocycles. The standard InChI is InChI=1S/C17H13NO3S/c1-21-17(20)15(16(18)19)14-10-6-2-4-8-12(10)22-13-9-5-3-7-11(13)14/h2-9H,1H3,(H2,18,19). The molecule has 0 fully saturated rings. The molecule has 4 nitrogen and oxygen atoms in total. The molecule has 110 valence electrons. The van der Waals surface area contributed by atoms with Crippen LogP contribution in [0.5, 0.6) is 0 Å². The molecule has 3 rings (SSSR count). The number of hydrogen-bond acceptors (Lipinski definition) is 4. The van der Waals surface area contributed by atoms with Gasteiger partial charge in [-0.25, -0.2) is 4.79 Å². The van der Waals surface area contributed by atoms with Crippen LogP contribution in [-0.4, -0.2) is 19.0 Å². The van der Waals surface area contributed by atoms with Crippen LogP contribution in [0.3, 0.4) is 0 Å². The van der Waals surface area contributed by atoms with Gasteiger partial charge in [0.1, 0.15) is 5.57 Å². The van der Waals surface area contributed by atoms with Crippen LogP contribution in [0, 0.1) is 0 Å². The fraction of sp³-hybridized carbons (Fsp3) is 0.0588. The van der Waals surface area contributed by atoms with Gasteiger partial charge in [-0.15, -0.1) is 0 Å². The summed E-state index contributed by atoms with van der Waals surface area (Å²) < 4.78 is 4.75. The molecule has 0 saturated heterocycles. The third-order valence-electron chi connectivity index (χ3n) is 3.42. The molecule has 0 bridgehead atoms. The summed E-state index contributed by atoms with van der Waals surface area (Å²) in [7, 11) is 1.24. The molecule has 0 atom stereocenters. The second-order valence-electron chi connectivity index (χ2n) is 4.70. The predicted octanol–water partition coefficient (Wildman–Crippen LogP) is 2.61. The zero-order valence-electron chi connectivity index (χ0n) is 11.8. The van der Waals surface area contributed by atoms with Gasteiger partial charge in [0.15, 0.2) is 0 Å². The third-order valence-corrected chi connectivity index (χ3v) is 4.57. The van der Waals surface area contributed by atoms with Gasteiger partial charge in [-0.05, 0) is 23.3 Å². The van der Waals surface area contributed by atoms with Crippen molar-refractivity contribution in [2.24, 2.45) is 5.73 Å². The van der Waals surface area contributed by atoms with E-state index in [9.17, 15) is 9.59 Å². The van der Waals surface area contributed by atoms with Crippen molar-refractivity contribution < 1.29 is 14.3 Å². The number of ether oxygens (including phenoxy) is 1. The van der Waals surface area contributed by atoms with Gasteiger partial charge in [-0.3, -0.25) is 4.79 Å². The first-order chi connectivity index (χ1) is 10.6. The summed E-state index contributed by atoms with van der Waals surface area (Å²) in [6, 6.07) is 15.2. The van der Waals surface area contributed by atoms with Crippen molar-refractivity contribution in [3.63, 3.8) is 0 Å². The molecular formula is C17H13NO3S. The zero-order chi connectivity index (χ0) is 15.7. The van der Waals surface area contributed by atoms with Gasteiger partial charge in [0.2, 0.25) is 0 Å². The van der Waals surface area contributed by atoms with E-state index in [0.717, 1.165) is 20.9 Å². The normalized spacial score (nSPS) is 12.1. The SMILES string of the molecule is COC(=O)C(C(N)=O)=C1c2ccccc2Sc2ccccc21. The molecule has 0 radical (unpaired) electrons. The molecule has 1 aliphatic rings. The average molecular weight is 311 g/mol. The molecule has 5 heteroatoms. The summed E-state index contributed by atoms with van der Waals surface area (Å²) in [4.78, 5) is 25.9. The zero-order valence-corrected chi connectivity index (χ0v) is 12.6. The number of rotatable bonds is 2. The van der Waals surface area contributed by atoms with E-state index in [2.05, 4.69) is 0 Å². The number of amides is 1. The van der Waals surface area contributed by atoms with Gasteiger partial charge < -0.3 is 10.5 Å². The number of fused-ring (bicyclic) bond motifs is 2. The maximum absolute atomic E-state index is 12.1. The second kappa shape index (κ2) is 5.69. The van der Waals surface area contributed by atoms with Crippen LogP contribution >= 0.6 is 11.8 Å². The number of benzene rings is 2. The van der Waals surface area contributed by atoms with E-state index in [1.807, 2.05) is 48.5 Å². The van der Waals surface area contributed by atoms with Crippen molar-refractivity contribution in [3.8, 4) is 0 Å². The van der Waals surface area contributed by atoms with E-state index < -0.39 is 11.9 Å². The first kappa shape index (κ1) is 14.4. The summed E-state index contributed by atoms with van der Waals surface area (Å²) in [5.74, 6) is -1.52. The Morgan fingerprint density at radius 2 is 1.45 bits per heavy atom. The molecule has 1 amide bonds. The monoisotopic (exact) mass is 311 g/mol. The van der Waals surface area contributed by atoms with E-state index in [-0.39, 0.29) is 5.57 Å². The number of carbonyl (C=O) groups is 2. The molecule has 0 aromatic heterocycles. The summed E-state index contributed by atoms with van der Waals surface area (Å²) in [6.45, 7) is 0. The van der Waals surface area contributed by atoms with Crippen molar-refractivity contribution in [3.05, 3.63) is 65.2 Å². The summed E-state index contributed by atoms with van der Waals surface area (Å²) >= 11 is 1.60. The number of primary amides is 1. The van der Waals surface area contributed by atoms with Crippen molar-refractivity contribution >= 4 is 29.2 Å². The molecule has 2 aromatic rings. The fourth-order valence-electron chi connectivity index (χ4n) is 2.49. The molecule has 0 saturated carbocycles. The predicted molar refractivity (Wildman–Crippen MR) is 84.2 cm³/mol. The lowest BCUT2D eigenvalue weighted by molar-refractivity contribution is -0.137. The lowest BCUT2D eigenvalue weighted by Crippen LogP contribution is -2.24. The molecule has 22 heavy (non-hydrogen) atoms. The van der Waals surface area contributed by atoms with Gasteiger partial charge in [0, 0.05) is 15.4 Å². The smallest absolute Gasteiger partial charge is 0.344 e. The Morgan fingerprint density at radius 1 is 0.955 bits per heavy atom. The van der Waals surface area contributed by atoms with E-state index in [1.165, 1.54) is 7.11 Å². The van der Waals surface area contributed by atoms with Gasteiger partial charge in [0.25, 0.3) is 5.91 Å². The Balaban J connectivity index is 2.39. The van der Waals surface area contributed by atoms with Crippen LogP contribution in [0.4, 0.5) is 0 Å². The fourth-order valence-corrected chi connectivity index (χ4v) is 3.58. The first-order valence-electron chi connectivity index (χ1n) is 6.62. The van der Waals surface area contributed by atoms with E-state index in [4.69, 9.17) is 10.5 Å². The largest absolute Gasteiger partial charge is 0.465 e. The number of esters is 1. The maximum Gasteiger partial charge on any atom is 0.344 e. The minimum absolute atomic E-state index is 0.123. The van der Waals surface area contributed by atoms with E-state index in [1.54, 1.807) is 11.8 Å². The summed E-state index contributed by atoms with van der Waals surface area (Å²) in [5, 5.41) is 0. The molecule has 2 N–H and O–H groups in total.